The van der Waals surface area contributed by atoms with Crippen LogP contribution in [-0.4, -0.2) is 0 Å². The molecule has 0 saturated carbocycles. The van der Waals surface area contributed by atoms with Gasteiger partial charge < -0.3 is 9.32 Å². The van der Waals surface area contributed by atoms with Crippen molar-refractivity contribution in [2.24, 2.45) is 0 Å². The second-order valence-corrected chi connectivity index (χ2v) is 17.9. The summed E-state index contributed by atoms with van der Waals surface area (Å²) in [4.78, 5) is 5.06. The van der Waals surface area contributed by atoms with E-state index in [1.807, 2.05) is 11.8 Å². The van der Waals surface area contributed by atoms with E-state index in [1.165, 1.54) is 54.3 Å². The minimum Gasteiger partial charge on any atom is -0.455 e. The number of hydrogen-bond donors (Lipinski definition) is 0. The molecule has 61 heavy (non-hydrogen) atoms. The molecule has 12 rings (SSSR count). The van der Waals surface area contributed by atoms with Gasteiger partial charge in [0.25, 0.3) is 0 Å². The van der Waals surface area contributed by atoms with Crippen LogP contribution in [-0.2, 0) is 10.8 Å². The Morgan fingerprint density at radius 1 is 0.410 bits per heavy atom. The second kappa shape index (κ2) is 13.7. The first-order valence-electron chi connectivity index (χ1n) is 21.1. The predicted molar refractivity (Wildman–Crippen MR) is 254 cm³/mol. The topological polar surface area (TPSA) is 16.4 Å². The molecule has 2 heterocycles. The van der Waals surface area contributed by atoms with Gasteiger partial charge in [0.1, 0.15) is 11.2 Å². The van der Waals surface area contributed by atoms with Crippen LogP contribution in [0.4, 0.5) is 17.1 Å². The maximum atomic E-state index is 6.71. The van der Waals surface area contributed by atoms with E-state index in [1.54, 1.807) is 0 Å². The molecule has 0 fully saturated rings. The van der Waals surface area contributed by atoms with Crippen molar-refractivity contribution in [3.63, 3.8) is 0 Å². The Hall–Kier alpha value is -7.07. The highest BCUT2D eigenvalue weighted by molar-refractivity contribution is 7.99. The molecule has 0 amide bonds. The number of nitrogens with zero attached hydrogens (tertiary/aromatic N) is 1. The van der Waals surface area contributed by atoms with Gasteiger partial charge in [-0.1, -0.05) is 189 Å². The molecular formula is C58H41NOS. The van der Waals surface area contributed by atoms with E-state index in [2.05, 4.69) is 231 Å². The van der Waals surface area contributed by atoms with Crippen LogP contribution in [0.25, 0.3) is 44.2 Å². The van der Waals surface area contributed by atoms with E-state index < -0.39 is 5.41 Å². The van der Waals surface area contributed by atoms with Crippen LogP contribution < -0.4 is 4.90 Å². The van der Waals surface area contributed by atoms with Crippen molar-refractivity contribution in [1.29, 1.82) is 0 Å². The van der Waals surface area contributed by atoms with Crippen molar-refractivity contribution < 1.29 is 4.42 Å². The molecule has 3 heteroatoms. The van der Waals surface area contributed by atoms with Gasteiger partial charge in [-0.05, 0) is 98.6 Å². The van der Waals surface area contributed by atoms with E-state index in [4.69, 9.17) is 4.42 Å². The Bertz CT molecular complexity index is 3280. The fourth-order valence-electron chi connectivity index (χ4n) is 10.4. The van der Waals surface area contributed by atoms with Gasteiger partial charge >= 0.3 is 0 Å². The molecule has 290 valence electrons. The molecule has 1 aliphatic heterocycles. The summed E-state index contributed by atoms with van der Waals surface area (Å²) in [6.45, 7) is 4.71. The van der Waals surface area contributed by atoms with E-state index in [9.17, 15) is 0 Å². The average molecular weight is 800 g/mol. The summed E-state index contributed by atoms with van der Waals surface area (Å²) < 4.78 is 6.71. The average Bonchev–Trinajstić information content (AvgIpc) is 3.84. The molecule has 0 saturated heterocycles. The van der Waals surface area contributed by atoms with Crippen molar-refractivity contribution in [1.82, 2.24) is 0 Å². The van der Waals surface area contributed by atoms with Crippen molar-refractivity contribution in [2.75, 3.05) is 4.90 Å². The quantitative estimate of drug-likeness (QED) is 0.167. The van der Waals surface area contributed by atoms with Gasteiger partial charge in [-0.25, -0.2) is 0 Å². The van der Waals surface area contributed by atoms with E-state index >= 15 is 0 Å². The molecule has 0 spiro atoms. The van der Waals surface area contributed by atoms with Crippen LogP contribution in [0.5, 0.6) is 0 Å². The first kappa shape index (κ1) is 35.8. The lowest BCUT2D eigenvalue weighted by molar-refractivity contribution is 0.607. The van der Waals surface area contributed by atoms with Gasteiger partial charge in [0.2, 0.25) is 0 Å². The molecule has 2 nitrogen and oxygen atoms in total. The molecule has 9 aromatic carbocycles. The molecule has 0 atom stereocenters. The summed E-state index contributed by atoms with van der Waals surface area (Å²) in [5.74, 6) is 0. The lowest BCUT2D eigenvalue weighted by Gasteiger charge is -2.36. The summed E-state index contributed by atoms with van der Waals surface area (Å²) in [7, 11) is 0. The standard InChI is InChI=1S/C58H41NOS/c1-57(2)51-29-14-16-31-54(51)61-55-37-42(32-33-52(55)57)59(43-35-47(38-18-5-3-6-19-38)56-48(36-43)46-26-11-15-30-53(46)60-56)41-23-17-22-40(34-41)58(39-20-7-4-8-21-39)49-27-12-9-24-44(49)45-25-10-13-28-50(45)58/h3-37H,1-2H3. The predicted octanol–water partition coefficient (Wildman–Crippen LogP) is 15.9. The van der Waals surface area contributed by atoms with Gasteiger partial charge in [-0.2, -0.15) is 0 Å². The highest BCUT2D eigenvalue weighted by Crippen LogP contribution is 2.57. The number of furan rings is 1. The fourth-order valence-corrected chi connectivity index (χ4v) is 11.8. The lowest BCUT2D eigenvalue weighted by Crippen LogP contribution is -2.28. The van der Waals surface area contributed by atoms with Gasteiger partial charge in [0, 0.05) is 48.6 Å². The third-order valence-electron chi connectivity index (χ3n) is 13.2. The summed E-state index contributed by atoms with van der Waals surface area (Å²) >= 11 is 1.88. The molecule has 0 unspecified atom stereocenters. The summed E-state index contributed by atoms with van der Waals surface area (Å²) in [6.07, 6.45) is 0. The molecule has 10 aromatic rings. The molecule has 0 bridgehead atoms. The van der Waals surface area contributed by atoms with Crippen LogP contribution in [0.15, 0.2) is 227 Å². The second-order valence-electron chi connectivity index (χ2n) is 16.8. The Morgan fingerprint density at radius 2 is 1.02 bits per heavy atom. The monoisotopic (exact) mass is 799 g/mol. The molecule has 0 N–H and O–H groups in total. The third-order valence-corrected chi connectivity index (χ3v) is 14.3. The zero-order valence-corrected chi connectivity index (χ0v) is 34.8. The van der Waals surface area contributed by atoms with Gasteiger partial charge in [0.05, 0.1) is 5.41 Å². The first-order chi connectivity index (χ1) is 30.0. The van der Waals surface area contributed by atoms with E-state index in [0.717, 1.165) is 50.1 Å². The maximum Gasteiger partial charge on any atom is 0.143 e. The molecule has 1 aliphatic carbocycles. The van der Waals surface area contributed by atoms with Crippen molar-refractivity contribution in [2.45, 2.75) is 34.5 Å². The van der Waals surface area contributed by atoms with Crippen LogP contribution >= 0.6 is 11.8 Å². The van der Waals surface area contributed by atoms with Crippen molar-refractivity contribution in [3.8, 4) is 22.3 Å². The van der Waals surface area contributed by atoms with Gasteiger partial charge in [-0.3, -0.25) is 0 Å². The number of hydrogen-bond acceptors (Lipinski definition) is 3. The molecule has 0 radical (unpaired) electrons. The number of rotatable bonds is 6. The number of anilines is 3. The van der Waals surface area contributed by atoms with Crippen molar-refractivity contribution >= 4 is 50.8 Å². The lowest BCUT2D eigenvalue weighted by atomic mass is 9.67. The molecule has 2 aliphatic rings. The SMILES string of the molecule is CC1(C)c2ccccc2Sc2cc(N(c3cccc(C4(c5ccccc5)c5ccccc5-c5ccccc54)c3)c3cc(-c4ccccc4)c4oc5ccccc5c4c3)ccc21. The van der Waals surface area contributed by atoms with Gasteiger partial charge in [0.15, 0.2) is 0 Å². The zero-order valence-electron chi connectivity index (χ0n) is 34.0. The summed E-state index contributed by atoms with van der Waals surface area (Å²) in [5.41, 5.74) is 16.9. The number of benzene rings is 9. The van der Waals surface area contributed by atoms with Crippen LogP contribution in [0.1, 0.15) is 47.2 Å². The fraction of sp³-hybridized carbons (Fsp3) is 0.0690. The van der Waals surface area contributed by atoms with Crippen LogP contribution in [0.2, 0.25) is 0 Å². The number of fused-ring (bicyclic) bond motifs is 8. The van der Waals surface area contributed by atoms with E-state index in [0.29, 0.717) is 0 Å². The van der Waals surface area contributed by atoms with Crippen molar-refractivity contribution in [3.05, 3.63) is 246 Å². The minimum absolute atomic E-state index is 0.138. The van der Waals surface area contributed by atoms with Crippen LogP contribution in [0.3, 0.4) is 0 Å². The smallest absolute Gasteiger partial charge is 0.143 e. The third kappa shape index (κ3) is 5.37. The highest BCUT2D eigenvalue weighted by Gasteiger charge is 2.46. The Labute approximate surface area is 360 Å². The minimum atomic E-state index is -0.532. The Balaban J connectivity index is 1.14. The first-order valence-corrected chi connectivity index (χ1v) is 21.9. The van der Waals surface area contributed by atoms with E-state index in [-0.39, 0.29) is 5.41 Å². The normalized spacial score (nSPS) is 14.3. The zero-order chi connectivity index (χ0) is 40.7. The highest BCUT2D eigenvalue weighted by atomic mass is 32.2. The largest absolute Gasteiger partial charge is 0.455 e. The Morgan fingerprint density at radius 3 is 1.79 bits per heavy atom. The van der Waals surface area contributed by atoms with Gasteiger partial charge in [-0.15, -0.1) is 0 Å². The molecular weight excluding hydrogens is 759 g/mol. The summed E-state index contributed by atoms with van der Waals surface area (Å²) in [5, 5.41) is 2.20. The van der Waals surface area contributed by atoms with Crippen LogP contribution in [0, 0.1) is 0 Å². The molecule has 1 aromatic heterocycles. The Kier molecular flexibility index (Phi) is 8.07. The maximum absolute atomic E-state index is 6.71. The summed E-state index contributed by atoms with van der Waals surface area (Å²) in [6, 6.07) is 78.1. The number of para-hydroxylation sites is 1.